The number of carbonyl (C=O) groups is 1. The van der Waals surface area contributed by atoms with Crippen molar-refractivity contribution < 1.29 is 17.6 Å². The maximum Gasteiger partial charge on any atom is 0.223 e. The Balaban J connectivity index is 1.34. The van der Waals surface area contributed by atoms with Crippen LogP contribution in [0, 0.1) is 11.7 Å². The van der Waals surface area contributed by atoms with Crippen molar-refractivity contribution in [1.82, 2.24) is 9.62 Å². The van der Waals surface area contributed by atoms with Crippen LogP contribution in [0.5, 0.6) is 0 Å². The number of rotatable bonds is 7. The minimum atomic E-state index is -3.63. The van der Waals surface area contributed by atoms with Gasteiger partial charge >= 0.3 is 0 Å². The molecule has 1 aliphatic carbocycles. The molecule has 1 unspecified atom stereocenters. The topological polar surface area (TPSA) is 66.5 Å². The first-order chi connectivity index (χ1) is 15.9. The molecule has 1 fully saturated rings. The van der Waals surface area contributed by atoms with Crippen LogP contribution < -0.4 is 5.32 Å². The Morgan fingerprint density at radius 1 is 1.09 bits per heavy atom. The van der Waals surface area contributed by atoms with E-state index in [1.807, 2.05) is 0 Å². The highest BCUT2D eigenvalue weighted by Crippen LogP contribution is 2.28. The lowest BCUT2D eigenvalue weighted by molar-refractivity contribution is -0.126. The van der Waals surface area contributed by atoms with Gasteiger partial charge in [0.15, 0.2) is 0 Å². The van der Waals surface area contributed by atoms with Gasteiger partial charge in [0.2, 0.25) is 15.9 Å². The zero-order valence-corrected chi connectivity index (χ0v) is 20.0. The van der Waals surface area contributed by atoms with E-state index in [-0.39, 0.29) is 42.3 Å². The number of amides is 1. The lowest BCUT2D eigenvalue weighted by atomic mass is 9.88. The van der Waals surface area contributed by atoms with Gasteiger partial charge in [-0.25, -0.2) is 17.1 Å². The number of sulfonamides is 1. The molecule has 7 heteroatoms. The molecule has 4 rings (SSSR count). The Labute approximate surface area is 196 Å². The maximum absolute atomic E-state index is 13.9. The van der Waals surface area contributed by atoms with Crippen LogP contribution in [0.25, 0.3) is 0 Å². The third kappa shape index (κ3) is 5.64. The van der Waals surface area contributed by atoms with Crippen LogP contribution in [-0.4, -0.2) is 31.7 Å². The van der Waals surface area contributed by atoms with Gasteiger partial charge in [-0.1, -0.05) is 43.3 Å². The van der Waals surface area contributed by atoms with Gasteiger partial charge in [0.25, 0.3) is 0 Å². The monoisotopic (exact) mass is 472 g/mol. The molecule has 2 aliphatic rings. The molecule has 0 bridgehead atoms. The molecule has 5 nitrogen and oxygen atoms in total. The van der Waals surface area contributed by atoms with Crippen molar-refractivity contribution in [3.63, 3.8) is 0 Å². The molecule has 1 saturated heterocycles. The number of fused-ring (bicyclic) bond motifs is 1. The predicted octanol–water partition coefficient (Wildman–Crippen LogP) is 4.51. The number of nitrogens with one attached hydrogen (secondary N) is 1. The fraction of sp³-hybridized carbons (Fsp3) is 0.500. The van der Waals surface area contributed by atoms with Crippen LogP contribution >= 0.6 is 0 Å². The molecule has 2 aromatic rings. The maximum atomic E-state index is 13.9. The largest absolute Gasteiger partial charge is 0.349 e. The highest BCUT2D eigenvalue weighted by molar-refractivity contribution is 7.88. The van der Waals surface area contributed by atoms with Gasteiger partial charge in [0.05, 0.1) is 11.8 Å². The summed E-state index contributed by atoms with van der Waals surface area (Å²) in [6, 6.07) is 12.5. The normalized spacial score (nSPS) is 18.5. The molecule has 1 atom stereocenters. The van der Waals surface area contributed by atoms with Crippen molar-refractivity contribution in [2.24, 2.45) is 5.92 Å². The van der Waals surface area contributed by atoms with E-state index >= 15 is 0 Å². The number of nitrogens with zero attached hydrogens (tertiary/aromatic N) is 1. The standard InChI is InChI=1S/C26H33FN2O3S/c1-2-25(22-12-11-19-7-3-4-8-21(19)17-22)28-26(30)20-13-15-29(16-14-20)33(31,32)18-23-9-5-6-10-24(23)27/h5-6,9-12,17,20,25H,2-4,7-8,13-16,18H2,1H3,(H,28,30). The van der Waals surface area contributed by atoms with Crippen molar-refractivity contribution in [2.75, 3.05) is 13.1 Å². The van der Waals surface area contributed by atoms with E-state index in [9.17, 15) is 17.6 Å². The van der Waals surface area contributed by atoms with Gasteiger partial charge in [0, 0.05) is 24.6 Å². The van der Waals surface area contributed by atoms with Gasteiger partial charge < -0.3 is 5.32 Å². The number of hydrogen-bond donors (Lipinski definition) is 1. The Kier molecular flexibility index (Phi) is 7.49. The van der Waals surface area contributed by atoms with E-state index < -0.39 is 15.8 Å². The van der Waals surface area contributed by atoms with Crippen LogP contribution in [0.4, 0.5) is 4.39 Å². The smallest absolute Gasteiger partial charge is 0.223 e. The van der Waals surface area contributed by atoms with Gasteiger partial charge in [-0.15, -0.1) is 0 Å². The summed E-state index contributed by atoms with van der Waals surface area (Å²) in [5, 5.41) is 3.20. The molecular weight excluding hydrogens is 439 g/mol. The third-order valence-corrected chi connectivity index (χ3v) is 8.84. The first kappa shape index (κ1) is 23.9. The zero-order valence-electron chi connectivity index (χ0n) is 19.2. The Hall–Kier alpha value is -2.25. The Morgan fingerprint density at radius 3 is 2.48 bits per heavy atom. The van der Waals surface area contributed by atoms with Gasteiger partial charge in [-0.2, -0.15) is 0 Å². The molecule has 0 spiro atoms. The summed E-state index contributed by atoms with van der Waals surface area (Å²) in [6.45, 7) is 2.64. The first-order valence-corrected chi connectivity index (χ1v) is 13.6. The van der Waals surface area contributed by atoms with Crippen LogP contribution in [-0.2, 0) is 33.4 Å². The molecule has 1 N–H and O–H groups in total. The van der Waals surface area contributed by atoms with Crippen LogP contribution in [0.15, 0.2) is 42.5 Å². The SMILES string of the molecule is CCC(NC(=O)C1CCN(S(=O)(=O)Cc2ccccc2F)CC1)c1ccc2c(c1)CCCC2. The first-order valence-electron chi connectivity index (χ1n) is 12.0. The molecular formula is C26H33FN2O3S. The molecule has 33 heavy (non-hydrogen) atoms. The summed E-state index contributed by atoms with van der Waals surface area (Å²) in [4.78, 5) is 13.0. The lowest BCUT2D eigenvalue weighted by Gasteiger charge is -2.31. The quantitative estimate of drug-likeness (QED) is 0.645. The minimum absolute atomic E-state index is 0.00859. The van der Waals surface area contributed by atoms with Gasteiger partial charge in [-0.05, 0) is 67.7 Å². The molecule has 1 amide bonds. The summed E-state index contributed by atoms with van der Waals surface area (Å²) in [5.74, 6) is -1.09. The molecule has 1 aliphatic heterocycles. The van der Waals surface area contributed by atoms with Crippen molar-refractivity contribution >= 4 is 15.9 Å². The fourth-order valence-electron chi connectivity index (χ4n) is 4.98. The number of aryl methyl sites for hydroxylation is 2. The van der Waals surface area contributed by atoms with Crippen molar-refractivity contribution in [3.8, 4) is 0 Å². The highest BCUT2D eigenvalue weighted by Gasteiger charge is 2.32. The van der Waals surface area contributed by atoms with Crippen molar-refractivity contribution in [2.45, 2.75) is 63.7 Å². The number of carbonyl (C=O) groups excluding carboxylic acids is 1. The summed E-state index contributed by atoms with van der Waals surface area (Å²) in [7, 11) is -3.63. The van der Waals surface area contributed by atoms with E-state index in [1.54, 1.807) is 12.1 Å². The minimum Gasteiger partial charge on any atom is -0.349 e. The molecule has 0 aromatic heterocycles. The number of hydrogen-bond acceptors (Lipinski definition) is 3. The van der Waals surface area contributed by atoms with Gasteiger partial charge in [0.1, 0.15) is 5.82 Å². The fourth-order valence-corrected chi connectivity index (χ4v) is 6.56. The van der Waals surface area contributed by atoms with Gasteiger partial charge in [-0.3, -0.25) is 4.79 Å². The van der Waals surface area contributed by atoms with E-state index in [0.717, 1.165) is 24.8 Å². The second-order valence-corrected chi connectivity index (χ2v) is 11.2. The molecule has 2 aromatic carbocycles. The van der Waals surface area contributed by atoms with Crippen LogP contribution in [0.3, 0.4) is 0 Å². The summed E-state index contributed by atoms with van der Waals surface area (Å²) < 4.78 is 40.8. The number of halogens is 1. The highest BCUT2D eigenvalue weighted by atomic mass is 32.2. The Bertz CT molecular complexity index is 1090. The lowest BCUT2D eigenvalue weighted by Crippen LogP contribution is -2.44. The van der Waals surface area contributed by atoms with Crippen molar-refractivity contribution in [3.05, 3.63) is 70.5 Å². The summed E-state index contributed by atoms with van der Waals surface area (Å²) in [6.07, 6.45) is 6.46. The Morgan fingerprint density at radius 2 is 1.79 bits per heavy atom. The average Bonchev–Trinajstić information content (AvgIpc) is 2.83. The van der Waals surface area contributed by atoms with E-state index in [0.29, 0.717) is 12.8 Å². The van der Waals surface area contributed by atoms with Crippen LogP contribution in [0.1, 0.15) is 67.3 Å². The van der Waals surface area contributed by atoms with Crippen molar-refractivity contribution in [1.29, 1.82) is 0 Å². The van der Waals surface area contributed by atoms with E-state index in [1.165, 1.54) is 40.4 Å². The number of benzene rings is 2. The molecule has 178 valence electrons. The second kappa shape index (κ2) is 10.3. The van der Waals surface area contributed by atoms with E-state index in [4.69, 9.17) is 0 Å². The summed E-state index contributed by atoms with van der Waals surface area (Å²) in [5.41, 5.74) is 4.15. The zero-order chi connectivity index (χ0) is 23.4. The average molecular weight is 473 g/mol. The second-order valence-electron chi connectivity index (χ2n) is 9.23. The third-order valence-electron chi connectivity index (χ3n) is 7.01. The summed E-state index contributed by atoms with van der Waals surface area (Å²) >= 11 is 0. The van der Waals surface area contributed by atoms with Crippen LogP contribution in [0.2, 0.25) is 0 Å². The molecule has 1 heterocycles. The number of piperidine rings is 1. The van der Waals surface area contributed by atoms with E-state index in [2.05, 4.69) is 30.4 Å². The predicted molar refractivity (Wildman–Crippen MR) is 128 cm³/mol. The molecule has 0 saturated carbocycles. The molecule has 0 radical (unpaired) electrons.